The molecule has 36 heavy (non-hydrogen) atoms. The van der Waals surface area contributed by atoms with Gasteiger partial charge in [0.05, 0.1) is 30.8 Å². The molecule has 0 aliphatic carbocycles. The molecule has 0 radical (unpaired) electrons. The molecule has 9 nitrogen and oxygen atoms in total. The summed E-state index contributed by atoms with van der Waals surface area (Å²) in [5.74, 6) is 1.20. The van der Waals surface area contributed by atoms with E-state index in [2.05, 4.69) is 25.8 Å². The third-order valence-electron chi connectivity index (χ3n) is 5.72. The van der Waals surface area contributed by atoms with E-state index in [1.54, 1.807) is 32.4 Å². The maximum absolute atomic E-state index is 13.2. The van der Waals surface area contributed by atoms with E-state index >= 15 is 0 Å². The first-order chi connectivity index (χ1) is 17.4. The van der Waals surface area contributed by atoms with Gasteiger partial charge in [-0.05, 0) is 30.7 Å². The van der Waals surface area contributed by atoms with Crippen LogP contribution < -0.4 is 20.1 Å². The lowest BCUT2D eigenvalue weighted by molar-refractivity contribution is 0.206. The largest absolute Gasteiger partial charge is 0.493 e. The Hall–Kier alpha value is -4.28. The molecule has 0 bridgehead atoms. The second kappa shape index (κ2) is 10.5. The predicted molar refractivity (Wildman–Crippen MR) is 130 cm³/mol. The topological polar surface area (TPSA) is 111 Å². The second-order valence-electron chi connectivity index (χ2n) is 8.41. The van der Waals surface area contributed by atoms with Gasteiger partial charge in [0.2, 0.25) is 0 Å². The first-order valence-corrected chi connectivity index (χ1v) is 11.0. The third-order valence-corrected chi connectivity index (χ3v) is 5.72. The summed E-state index contributed by atoms with van der Waals surface area (Å²) >= 11 is 0. The summed E-state index contributed by atoms with van der Waals surface area (Å²) in [4.78, 5) is 21.2. The number of urea groups is 1. The zero-order valence-electron chi connectivity index (χ0n) is 20.0. The van der Waals surface area contributed by atoms with Crippen molar-refractivity contribution in [3.05, 3.63) is 65.8 Å². The van der Waals surface area contributed by atoms with Gasteiger partial charge in [-0.25, -0.2) is 23.5 Å². The quantitative estimate of drug-likeness (QED) is 0.332. The molecule has 0 saturated carbocycles. The number of alkyl halides is 2. The minimum Gasteiger partial charge on any atom is -0.493 e. The standard InChI is InChI=1S/C25H25F2N5O4/c1-25(12-26,13-27)22-11-23(32-36-22)31-24(33)30-16-6-4-5-15(7-16)8-18-17-9-20(34-2)21(35-3)10-19(17)29-14-28-18/h4-7,9-11,14H,8,12-13H2,1-3H3,(H2,30,31,32,33). The summed E-state index contributed by atoms with van der Waals surface area (Å²) in [6, 6.07) is 11.6. The average Bonchev–Trinajstić information content (AvgIpc) is 3.36. The number of hydrogen-bond acceptors (Lipinski definition) is 7. The average molecular weight is 498 g/mol. The van der Waals surface area contributed by atoms with Crippen molar-refractivity contribution in [3.63, 3.8) is 0 Å². The number of halogens is 2. The summed E-state index contributed by atoms with van der Waals surface area (Å²) in [7, 11) is 3.13. The van der Waals surface area contributed by atoms with Gasteiger partial charge in [0.25, 0.3) is 0 Å². The van der Waals surface area contributed by atoms with E-state index in [0.717, 1.165) is 22.2 Å². The van der Waals surface area contributed by atoms with E-state index in [9.17, 15) is 13.6 Å². The number of methoxy groups -OCH3 is 2. The Morgan fingerprint density at radius 2 is 1.78 bits per heavy atom. The lowest BCUT2D eigenvalue weighted by Gasteiger charge is -2.17. The SMILES string of the molecule is COc1cc2ncnc(Cc3cccc(NC(=O)Nc4cc(C(C)(CF)CF)on4)c3)c2cc1OC. The van der Waals surface area contributed by atoms with Gasteiger partial charge in [0, 0.05) is 29.6 Å². The number of rotatable bonds is 9. The van der Waals surface area contributed by atoms with Gasteiger partial charge in [0.15, 0.2) is 17.3 Å². The smallest absolute Gasteiger partial charge is 0.324 e. The molecule has 2 heterocycles. The molecule has 2 amide bonds. The first kappa shape index (κ1) is 24.8. The van der Waals surface area contributed by atoms with Gasteiger partial charge < -0.3 is 19.3 Å². The number of ether oxygens (including phenoxy) is 2. The molecule has 0 spiro atoms. The Labute approximate surface area is 205 Å². The molecule has 4 aromatic rings. The number of nitrogens with one attached hydrogen (secondary N) is 2. The van der Waals surface area contributed by atoms with E-state index in [1.165, 1.54) is 19.3 Å². The lowest BCUT2D eigenvalue weighted by Crippen LogP contribution is -2.26. The van der Waals surface area contributed by atoms with Gasteiger partial charge in [-0.15, -0.1) is 0 Å². The fourth-order valence-corrected chi connectivity index (χ4v) is 3.59. The molecule has 0 aliphatic heterocycles. The van der Waals surface area contributed by atoms with Crippen LogP contribution in [0.2, 0.25) is 0 Å². The molecule has 0 fully saturated rings. The zero-order valence-corrected chi connectivity index (χ0v) is 20.0. The molecule has 4 rings (SSSR count). The molecule has 11 heteroatoms. The highest BCUT2D eigenvalue weighted by Crippen LogP contribution is 2.33. The van der Waals surface area contributed by atoms with E-state index < -0.39 is 24.8 Å². The van der Waals surface area contributed by atoms with Crippen molar-refractivity contribution in [2.75, 3.05) is 38.2 Å². The second-order valence-corrected chi connectivity index (χ2v) is 8.41. The maximum atomic E-state index is 13.2. The fraction of sp³-hybridized carbons (Fsp3) is 0.280. The molecule has 2 aromatic carbocycles. The van der Waals surface area contributed by atoms with Crippen molar-refractivity contribution < 1.29 is 27.6 Å². The number of carbonyl (C=O) groups is 1. The Morgan fingerprint density at radius 1 is 1.03 bits per heavy atom. The van der Waals surface area contributed by atoms with E-state index in [1.807, 2.05) is 18.2 Å². The van der Waals surface area contributed by atoms with Crippen LogP contribution in [0.25, 0.3) is 10.9 Å². The zero-order chi connectivity index (χ0) is 25.7. The Balaban J connectivity index is 1.48. The van der Waals surface area contributed by atoms with Crippen LogP contribution in [0.1, 0.15) is 23.9 Å². The van der Waals surface area contributed by atoms with Gasteiger partial charge in [-0.3, -0.25) is 5.32 Å². The first-order valence-electron chi connectivity index (χ1n) is 11.0. The lowest BCUT2D eigenvalue weighted by atomic mass is 9.91. The number of carbonyl (C=O) groups excluding carboxylic acids is 1. The van der Waals surface area contributed by atoms with E-state index in [0.29, 0.717) is 23.6 Å². The Bertz CT molecular complexity index is 1370. The van der Waals surface area contributed by atoms with Crippen molar-refractivity contribution in [2.45, 2.75) is 18.8 Å². The van der Waals surface area contributed by atoms with Crippen LogP contribution in [-0.4, -0.2) is 48.7 Å². The normalized spacial score (nSPS) is 11.4. The molecule has 2 aromatic heterocycles. The van der Waals surface area contributed by atoms with Crippen molar-refractivity contribution in [3.8, 4) is 11.5 Å². The van der Waals surface area contributed by atoms with Crippen LogP contribution in [0.5, 0.6) is 11.5 Å². The fourth-order valence-electron chi connectivity index (χ4n) is 3.59. The minimum absolute atomic E-state index is 0.0103. The molecule has 188 valence electrons. The number of nitrogens with zero attached hydrogens (tertiary/aromatic N) is 3. The predicted octanol–water partition coefficient (Wildman–Crippen LogP) is 5.07. The number of benzene rings is 2. The van der Waals surface area contributed by atoms with E-state index in [-0.39, 0.29) is 11.6 Å². The highest BCUT2D eigenvalue weighted by Gasteiger charge is 2.32. The van der Waals surface area contributed by atoms with Crippen molar-refractivity contribution >= 4 is 28.4 Å². The van der Waals surface area contributed by atoms with Gasteiger partial charge in [-0.2, -0.15) is 0 Å². The van der Waals surface area contributed by atoms with Crippen molar-refractivity contribution in [1.29, 1.82) is 0 Å². The van der Waals surface area contributed by atoms with Crippen LogP contribution in [0.3, 0.4) is 0 Å². The van der Waals surface area contributed by atoms with Gasteiger partial charge in [-0.1, -0.05) is 17.3 Å². The highest BCUT2D eigenvalue weighted by molar-refractivity contribution is 5.99. The van der Waals surface area contributed by atoms with Gasteiger partial charge >= 0.3 is 6.03 Å². The summed E-state index contributed by atoms with van der Waals surface area (Å²) in [5, 5.41) is 9.71. The van der Waals surface area contributed by atoms with Crippen LogP contribution in [-0.2, 0) is 11.8 Å². The van der Waals surface area contributed by atoms with Crippen LogP contribution in [0.4, 0.5) is 25.1 Å². The van der Waals surface area contributed by atoms with Crippen LogP contribution >= 0.6 is 0 Å². The summed E-state index contributed by atoms with van der Waals surface area (Å²) in [6.45, 7) is -0.547. The summed E-state index contributed by atoms with van der Waals surface area (Å²) in [6.07, 6.45) is 1.96. The minimum atomic E-state index is -1.45. The number of hydrogen-bond donors (Lipinski definition) is 2. The Kier molecular flexibility index (Phi) is 7.28. The molecule has 0 aliphatic rings. The molecule has 0 saturated heterocycles. The molecule has 0 unspecified atom stereocenters. The number of amides is 2. The molecular formula is C25H25F2N5O4. The third kappa shape index (κ3) is 5.19. The number of aromatic nitrogens is 3. The molecule has 2 N–H and O–H groups in total. The number of fused-ring (bicyclic) bond motifs is 1. The molecule has 0 atom stereocenters. The maximum Gasteiger partial charge on any atom is 0.324 e. The molecular weight excluding hydrogens is 472 g/mol. The monoisotopic (exact) mass is 497 g/mol. The Morgan fingerprint density at radius 3 is 2.50 bits per heavy atom. The highest BCUT2D eigenvalue weighted by atomic mass is 19.1. The summed E-state index contributed by atoms with van der Waals surface area (Å²) in [5.41, 5.74) is 1.48. The summed E-state index contributed by atoms with van der Waals surface area (Å²) < 4.78 is 42.2. The van der Waals surface area contributed by atoms with Gasteiger partial charge in [0.1, 0.15) is 25.4 Å². The van der Waals surface area contributed by atoms with Crippen molar-refractivity contribution in [2.24, 2.45) is 0 Å². The van der Waals surface area contributed by atoms with Crippen LogP contribution in [0, 0.1) is 0 Å². The van der Waals surface area contributed by atoms with Crippen molar-refractivity contribution in [1.82, 2.24) is 15.1 Å². The van der Waals surface area contributed by atoms with Crippen LogP contribution in [0.15, 0.2) is 53.3 Å². The van der Waals surface area contributed by atoms with E-state index in [4.69, 9.17) is 14.0 Å². The number of anilines is 2.